The lowest BCUT2D eigenvalue weighted by atomic mass is 9.83. The van der Waals surface area contributed by atoms with Gasteiger partial charge in [-0.15, -0.1) is 0 Å². The summed E-state index contributed by atoms with van der Waals surface area (Å²) in [5.41, 5.74) is 0. The lowest BCUT2D eigenvalue weighted by Crippen LogP contribution is -2.44. The molecule has 0 aromatic rings. The zero-order valence-corrected chi connectivity index (χ0v) is 10.3. The van der Waals surface area contributed by atoms with Crippen molar-refractivity contribution in [3.8, 4) is 0 Å². The Balaban J connectivity index is 1.73. The quantitative estimate of drug-likeness (QED) is 0.765. The van der Waals surface area contributed by atoms with Crippen LogP contribution in [0.4, 0.5) is 0 Å². The predicted molar refractivity (Wildman–Crippen MR) is 65.2 cm³/mol. The SMILES string of the molecule is CCC1CCCCC1NCC1CCC(=O)N1. The van der Waals surface area contributed by atoms with Gasteiger partial charge in [-0.05, 0) is 25.2 Å². The molecular formula is C13H24N2O. The van der Waals surface area contributed by atoms with Crippen molar-refractivity contribution >= 4 is 5.91 Å². The first-order valence-corrected chi connectivity index (χ1v) is 6.82. The first kappa shape index (κ1) is 11.9. The maximum absolute atomic E-state index is 11.1. The molecule has 3 nitrogen and oxygen atoms in total. The van der Waals surface area contributed by atoms with Crippen LogP contribution in [0, 0.1) is 5.92 Å². The Morgan fingerprint density at radius 2 is 2.12 bits per heavy atom. The summed E-state index contributed by atoms with van der Waals surface area (Å²) in [4.78, 5) is 11.1. The maximum Gasteiger partial charge on any atom is 0.220 e. The van der Waals surface area contributed by atoms with Gasteiger partial charge in [0.05, 0.1) is 0 Å². The molecule has 0 aromatic carbocycles. The molecule has 3 unspecified atom stereocenters. The number of carbonyl (C=O) groups excluding carboxylic acids is 1. The highest BCUT2D eigenvalue weighted by Gasteiger charge is 2.26. The monoisotopic (exact) mass is 224 g/mol. The van der Waals surface area contributed by atoms with E-state index in [-0.39, 0.29) is 5.91 Å². The Kier molecular flexibility index (Phi) is 4.22. The van der Waals surface area contributed by atoms with Gasteiger partial charge in [0.1, 0.15) is 0 Å². The molecule has 1 heterocycles. The molecule has 2 fully saturated rings. The van der Waals surface area contributed by atoms with Crippen molar-refractivity contribution in [2.75, 3.05) is 6.54 Å². The summed E-state index contributed by atoms with van der Waals surface area (Å²) < 4.78 is 0. The summed E-state index contributed by atoms with van der Waals surface area (Å²) in [7, 11) is 0. The maximum atomic E-state index is 11.1. The average molecular weight is 224 g/mol. The largest absolute Gasteiger partial charge is 0.352 e. The summed E-state index contributed by atoms with van der Waals surface area (Å²) >= 11 is 0. The standard InChI is InChI=1S/C13H24N2O/c1-2-10-5-3-4-6-12(10)14-9-11-7-8-13(16)15-11/h10-12,14H,2-9H2,1H3,(H,15,16). The van der Waals surface area contributed by atoms with E-state index in [1.165, 1.54) is 32.1 Å². The molecule has 3 atom stereocenters. The van der Waals surface area contributed by atoms with Crippen LogP contribution in [0.1, 0.15) is 51.9 Å². The van der Waals surface area contributed by atoms with Crippen molar-refractivity contribution < 1.29 is 4.79 Å². The van der Waals surface area contributed by atoms with E-state index >= 15 is 0 Å². The lowest BCUT2D eigenvalue weighted by Gasteiger charge is -2.32. The minimum atomic E-state index is 0.225. The second-order valence-corrected chi connectivity index (χ2v) is 5.27. The number of carbonyl (C=O) groups is 1. The van der Waals surface area contributed by atoms with Crippen LogP contribution < -0.4 is 10.6 Å². The van der Waals surface area contributed by atoms with Gasteiger partial charge in [-0.1, -0.05) is 26.2 Å². The molecule has 0 bridgehead atoms. The van der Waals surface area contributed by atoms with Crippen LogP contribution in [0.2, 0.25) is 0 Å². The Morgan fingerprint density at radius 3 is 2.81 bits per heavy atom. The fourth-order valence-electron chi connectivity index (χ4n) is 3.09. The minimum absolute atomic E-state index is 0.225. The molecular weight excluding hydrogens is 200 g/mol. The van der Waals surface area contributed by atoms with E-state index in [4.69, 9.17) is 0 Å². The summed E-state index contributed by atoms with van der Waals surface area (Å²) in [6.07, 6.45) is 8.48. The van der Waals surface area contributed by atoms with E-state index < -0.39 is 0 Å². The summed E-state index contributed by atoms with van der Waals surface area (Å²) in [6.45, 7) is 3.26. The molecule has 1 aliphatic heterocycles. The van der Waals surface area contributed by atoms with Crippen LogP contribution in [0.25, 0.3) is 0 Å². The Hall–Kier alpha value is -0.570. The fraction of sp³-hybridized carbons (Fsp3) is 0.923. The predicted octanol–water partition coefficient (Wildman–Crippen LogP) is 1.82. The molecule has 2 N–H and O–H groups in total. The van der Waals surface area contributed by atoms with Gasteiger partial charge in [-0.3, -0.25) is 4.79 Å². The fourth-order valence-corrected chi connectivity index (χ4v) is 3.09. The van der Waals surface area contributed by atoms with Crippen molar-refractivity contribution in [2.24, 2.45) is 5.92 Å². The second-order valence-electron chi connectivity index (χ2n) is 5.27. The van der Waals surface area contributed by atoms with Crippen molar-refractivity contribution in [1.29, 1.82) is 0 Å². The molecule has 1 saturated carbocycles. The Labute approximate surface area is 98.4 Å². The van der Waals surface area contributed by atoms with Crippen LogP contribution in [-0.4, -0.2) is 24.5 Å². The van der Waals surface area contributed by atoms with Gasteiger partial charge in [0.2, 0.25) is 5.91 Å². The summed E-state index contributed by atoms with van der Waals surface area (Å²) in [5, 5.41) is 6.70. The third-order valence-electron chi connectivity index (χ3n) is 4.14. The normalized spacial score (nSPS) is 35.1. The van der Waals surface area contributed by atoms with Gasteiger partial charge >= 0.3 is 0 Å². The third kappa shape index (κ3) is 2.97. The highest BCUT2D eigenvalue weighted by Crippen LogP contribution is 2.26. The smallest absolute Gasteiger partial charge is 0.220 e. The molecule has 3 heteroatoms. The summed E-state index contributed by atoms with van der Waals surface area (Å²) in [5.74, 6) is 1.08. The summed E-state index contributed by atoms with van der Waals surface area (Å²) in [6, 6.07) is 1.07. The van der Waals surface area contributed by atoms with Crippen LogP contribution in [0.5, 0.6) is 0 Å². The zero-order chi connectivity index (χ0) is 11.4. The van der Waals surface area contributed by atoms with E-state index in [1.54, 1.807) is 0 Å². The van der Waals surface area contributed by atoms with Crippen LogP contribution >= 0.6 is 0 Å². The molecule has 1 saturated heterocycles. The van der Waals surface area contributed by atoms with Gasteiger partial charge in [-0.25, -0.2) is 0 Å². The van der Waals surface area contributed by atoms with Gasteiger partial charge in [0.15, 0.2) is 0 Å². The molecule has 0 aromatic heterocycles. The van der Waals surface area contributed by atoms with Gasteiger partial charge in [-0.2, -0.15) is 0 Å². The van der Waals surface area contributed by atoms with E-state index in [1.807, 2.05) is 0 Å². The van der Waals surface area contributed by atoms with Crippen molar-refractivity contribution in [3.63, 3.8) is 0 Å². The number of hydrogen-bond donors (Lipinski definition) is 2. The molecule has 16 heavy (non-hydrogen) atoms. The van der Waals surface area contributed by atoms with Gasteiger partial charge in [0, 0.05) is 25.0 Å². The molecule has 1 aliphatic carbocycles. The third-order valence-corrected chi connectivity index (χ3v) is 4.14. The number of rotatable bonds is 4. The number of nitrogens with one attached hydrogen (secondary N) is 2. The van der Waals surface area contributed by atoms with E-state index in [0.29, 0.717) is 18.5 Å². The molecule has 0 spiro atoms. The topological polar surface area (TPSA) is 41.1 Å². The first-order valence-electron chi connectivity index (χ1n) is 6.82. The Bertz CT molecular complexity index is 242. The highest BCUT2D eigenvalue weighted by molar-refractivity contribution is 5.78. The van der Waals surface area contributed by atoms with Crippen LogP contribution in [0.15, 0.2) is 0 Å². The number of amides is 1. The Morgan fingerprint density at radius 1 is 1.31 bits per heavy atom. The first-order chi connectivity index (χ1) is 7.79. The van der Waals surface area contributed by atoms with Crippen LogP contribution in [-0.2, 0) is 4.79 Å². The molecule has 92 valence electrons. The van der Waals surface area contributed by atoms with Crippen molar-refractivity contribution in [3.05, 3.63) is 0 Å². The number of hydrogen-bond acceptors (Lipinski definition) is 2. The minimum Gasteiger partial charge on any atom is -0.352 e. The molecule has 1 amide bonds. The average Bonchev–Trinajstić information content (AvgIpc) is 2.73. The highest BCUT2D eigenvalue weighted by atomic mass is 16.1. The van der Waals surface area contributed by atoms with Crippen molar-refractivity contribution in [1.82, 2.24) is 10.6 Å². The molecule has 2 aliphatic rings. The van der Waals surface area contributed by atoms with Gasteiger partial charge in [0.25, 0.3) is 0 Å². The molecule has 0 radical (unpaired) electrons. The van der Waals surface area contributed by atoms with Crippen LogP contribution in [0.3, 0.4) is 0 Å². The second kappa shape index (κ2) is 5.67. The lowest BCUT2D eigenvalue weighted by molar-refractivity contribution is -0.119. The van der Waals surface area contributed by atoms with E-state index in [9.17, 15) is 4.79 Å². The zero-order valence-electron chi connectivity index (χ0n) is 10.3. The molecule has 2 rings (SSSR count). The van der Waals surface area contributed by atoms with Crippen molar-refractivity contribution in [2.45, 2.75) is 64.0 Å². The van der Waals surface area contributed by atoms with E-state index in [2.05, 4.69) is 17.6 Å². The van der Waals surface area contributed by atoms with E-state index in [0.717, 1.165) is 18.9 Å². The van der Waals surface area contributed by atoms with Gasteiger partial charge < -0.3 is 10.6 Å².